The first kappa shape index (κ1) is 16.4. The molecule has 0 aliphatic rings. The predicted octanol–water partition coefficient (Wildman–Crippen LogP) is 4.24. The van der Waals surface area contributed by atoms with Crippen molar-refractivity contribution in [2.45, 2.75) is 5.60 Å². The Kier molecular flexibility index (Phi) is 4.96. The van der Waals surface area contributed by atoms with Crippen LogP contribution in [0, 0.1) is 0 Å². The Morgan fingerprint density at radius 3 is 2.74 bits per heavy atom. The van der Waals surface area contributed by atoms with E-state index in [1.165, 1.54) is 22.7 Å². The van der Waals surface area contributed by atoms with E-state index in [0.29, 0.717) is 5.56 Å². The summed E-state index contributed by atoms with van der Waals surface area (Å²) in [6.07, 6.45) is 0. The van der Waals surface area contributed by atoms with E-state index in [1.807, 2.05) is 46.5 Å². The molecule has 0 spiro atoms. The first-order valence-corrected chi connectivity index (χ1v) is 9.54. The maximum atomic E-state index is 12.3. The fourth-order valence-corrected chi connectivity index (χ4v) is 4.25. The summed E-state index contributed by atoms with van der Waals surface area (Å²) in [5.74, 6) is -0.212. The van der Waals surface area contributed by atoms with Gasteiger partial charge in [0.25, 0.3) is 5.91 Å². The van der Waals surface area contributed by atoms with Gasteiger partial charge in [0.1, 0.15) is 5.60 Å². The Hall–Kier alpha value is -1.47. The molecular weight excluding hydrogens is 394 g/mol. The van der Waals surface area contributed by atoms with Crippen molar-refractivity contribution >= 4 is 44.5 Å². The molecule has 3 rings (SSSR count). The highest BCUT2D eigenvalue weighted by molar-refractivity contribution is 9.10. The number of thiophene rings is 2. The van der Waals surface area contributed by atoms with Crippen LogP contribution in [0.2, 0.25) is 0 Å². The third-order valence-electron chi connectivity index (χ3n) is 3.52. The van der Waals surface area contributed by atoms with Crippen LogP contribution in [-0.4, -0.2) is 17.6 Å². The van der Waals surface area contributed by atoms with Gasteiger partial charge in [-0.1, -0.05) is 28.1 Å². The van der Waals surface area contributed by atoms with Gasteiger partial charge in [-0.2, -0.15) is 11.3 Å². The standard InChI is InChI=1S/C17H14BrNO2S2/c18-14-4-1-3-12(9-14)16(20)19-11-17(21,13-6-8-22-10-13)15-5-2-7-23-15/h1-10,21H,11H2,(H,19,20). The minimum Gasteiger partial charge on any atom is -0.378 e. The lowest BCUT2D eigenvalue weighted by molar-refractivity contribution is 0.0721. The van der Waals surface area contributed by atoms with Crippen LogP contribution in [0.5, 0.6) is 0 Å². The van der Waals surface area contributed by atoms with Crippen molar-refractivity contribution in [3.63, 3.8) is 0 Å². The van der Waals surface area contributed by atoms with E-state index >= 15 is 0 Å². The van der Waals surface area contributed by atoms with Gasteiger partial charge in [0.05, 0.1) is 6.54 Å². The van der Waals surface area contributed by atoms with E-state index < -0.39 is 5.60 Å². The Morgan fingerprint density at radius 1 is 1.22 bits per heavy atom. The molecule has 118 valence electrons. The number of hydrogen-bond donors (Lipinski definition) is 2. The van der Waals surface area contributed by atoms with Crippen LogP contribution in [0.25, 0.3) is 0 Å². The molecule has 0 saturated heterocycles. The Morgan fingerprint density at radius 2 is 2.09 bits per heavy atom. The monoisotopic (exact) mass is 407 g/mol. The van der Waals surface area contributed by atoms with E-state index in [-0.39, 0.29) is 12.5 Å². The van der Waals surface area contributed by atoms with Gasteiger partial charge < -0.3 is 10.4 Å². The summed E-state index contributed by atoms with van der Waals surface area (Å²) >= 11 is 6.35. The second-order valence-corrected chi connectivity index (χ2v) is 7.69. The molecule has 6 heteroatoms. The van der Waals surface area contributed by atoms with E-state index in [4.69, 9.17) is 0 Å². The molecule has 0 aliphatic carbocycles. The molecule has 3 aromatic rings. The van der Waals surface area contributed by atoms with Gasteiger partial charge in [-0.25, -0.2) is 0 Å². The summed E-state index contributed by atoms with van der Waals surface area (Å²) in [6.45, 7) is 0.121. The smallest absolute Gasteiger partial charge is 0.251 e. The number of aliphatic hydroxyl groups is 1. The van der Waals surface area contributed by atoms with Gasteiger partial charge >= 0.3 is 0 Å². The van der Waals surface area contributed by atoms with Crippen molar-refractivity contribution < 1.29 is 9.90 Å². The lowest BCUT2D eigenvalue weighted by Gasteiger charge is -2.27. The van der Waals surface area contributed by atoms with Crippen molar-refractivity contribution in [1.29, 1.82) is 0 Å². The first-order chi connectivity index (χ1) is 11.1. The maximum Gasteiger partial charge on any atom is 0.251 e. The van der Waals surface area contributed by atoms with Crippen LogP contribution in [0.1, 0.15) is 20.8 Å². The Labute approximate surface area is 150 Å². The van der Waals surface area contributed by atoms with Crippen LogP contribution in [0.15, 0.2) is 63.1 Å². The fourth-order valence-electron chi connectivity index (χ4n) is 2.29. The van der Waals surface area contributed by atoms with Crippen molar-refractivity contribution in [2.75, 3.05) is 6.54 Å². The highest BCUT2D eigenvalue weighted by Crippen LogP contribution is 2.33. The molecule has 2 N–H and O–H groups in total. The molecule has 0 saturated carbocycles. The molecule has 1 aromatic carbocycles. The summed E-state index contributed by atoms with van der Waals surface area (Å²) in [5, 5.41) is 19.8. The number of rotatable bonds is 5. The first-order valence-electron chi connectivity index (χ1n) is 6.92. The fraction of sp³-hybridized carbons (Fsp3) is 0.118. The molecule has 23 heavy (non-hydrogen) atoms. The average molecular weight is 408 g/mol. The van der Waals surface area contributed by atoms with Crippen LogP contribution in [0.3, 0.4) is 0 Å². The lowest BCUT2D eigenvalue weighted by atomic mass is 9.94. The summed E-state index contributed by atoms with van der Waals surface area (Å²) in [6, 6.07) is 12.8. The molecule has 0 bridgehead atoms. The van der Waals surface area contributed by atoms with Crippen molar-refractivity contribution in [3.8, 4) is 0 Å². The number of nitrogens with one attached hydrogen (secondary N) is 1. The molecule has 1 amide bonds. The molecule has 0 radical (unpaired) electrons. The molecule has 0 fully saturated rings. The van der Waals surface area contributed by atoms with Gasteiger partial charge in [-0.3, -0.25) is 4.79 Å². The molecule has 1 atom stereocenters. The number of carbonyl (C=O) groups excluding carboxylic acids is 1. The Balaban J connectivity index is 1.82. The molecule has 1 unspecified atom stereocenters. The van der Waals surface area contributed by atoms with E-state index in [1.54, 1.807) is 12.1 Å². The second-order valence-electron chi connectivity index (χ2n) is 5.04. The molecule has 3 nitrogen and oxygen atoms in total. The van der Waals surface area contributed by atoms with Gasteiger partial charge in [0.15, 0.2) is 0 Å². The molecular formula is C17H14BrNO2S2. The molecule has 2 heterocycles. The van der Waals surface area contributed by atoms with Gasteiger partial charge in [0, 0.05) is 20.5 Å². The predicted molar refractivity (Wildman–Crippen MR) is 98.1 cm³/mol. The quantitative estimate of drug-likeness (QED) is 0.664. The van der Waals surface area contributed by atoms with Crippen molar-refractivity contribution in [3.05, 3.63) is 79.1 Å². The summed E-state index contributed by atoms with van der Waals surface area (Å²) in [7, 11) is 0. The number of amides is 1. The lowest BCUT2D eigenvalue weighted by Crippen LogP contribution is -2.41. The zero-order valence-corrected chi connectivity index (χ0v) is 15.2. The summed E-state index contributed by atoms with van der Waals surface area (Å²) < 4.78 is 0.844. The SMILES string of the molecule is O=C(NCC(O)(c1ccsc1)c1cccs1)c1cccc(Br)c1. The molecule has 0 aliphatic heterocycles. The van der Waals surface area contributed by atoms with Gasteiger partial charge in [-0.05, 0) is 46.5 Å². The topological polar surface area (TPSA) is 49.3 Å². The van der Waals surface area contributed by atoms with Crippen LogP contribution in [-0.2, 0) is 5.60 Å². The second kappa shape index (κ2) is 6.97. The zero-order valence-electron chi connectivity index (χ0n) is 12.0. The summed E-state index contributed by atoms with van der Waals surface area (Å²) in [4.78, 5) is 13.2. The minimum absolute atomic E-state index is 0.121. The third kappa shape index (κ3) is 3.55. The van der Waals surface area contributed by atoms with Crippen LogP contribution in [0.4, 0.5) is 0 Å². The normalized spacial score (nSPS) is 13.5. The molecule has 2 aromatic heterocycles. The van der Waals surface area contributed by atoms with Crippen LogP contribution >= 0.6 is 38.6 Å². The van der Waals surface area contributed by atoms with Crippen LogP contribution < -0.4 is 5.32 Å². The number of halogens is 1. The van der Waals surface area contributed by atoms with E-state index in [9.17, 15) is 9.90 Å². The number of benzene rings is 1. The average Bonchev–Trinajstić information content (AvgIpc) is 3.25. The van der Waals surface area contributed by atoms with Gasteiger partial charge in [-0.15, -0.1) is 11.3 Å². The Bertz CT molecular complexity index is 751. The minimum atomic E-state index is -1.21. The number of hydrogen-bond acceptors (Lipinski definition) is 4. The van der Waals surface area contributed by atoms with Crippen molar-refractivity contribution in [2.24, 2.45) is 0 Å². The van der Waals surface area contributed by atoms with Crippen molar-refractivity contribution in [1.82, 2.24) is 5.32 Å². The largest absolute Gasteiger partial charge is 0.378 e. The maximum absolute atomic E-state index is 12.3. The third-order valence-corrected chi connectivity index (χ3v) is 5.72. The van der Waals surface area contributed by atoms with Gasteiger partial charge in [0.2, 0.25) is 0 Å². The van der Waals surface area contributed by atoms with E-state index in [2.05, 4.69) is 21.2 Å². The highest BCUT2D eigenvalue weighted by atomic mass is 79.9. The van der Waals surface area contributed by atoms with E-state index in [0.717, 1.165) is 14.9 Å². The zero-order chi connectivity index (χ0) is 16.3. The summed E-state index contributed by atoms with van der Waals surface area (Å²) in [5.41, 5.74) is 0.133. The highest BCUT2D eigenvalue weighted by Gasteiger charge is 2.33. The number of carbonyl (C=O) groups is 1.